The zero-order valence-electron chi connectivity index (χ0n) is 19.9. The highest BCUT2D eigenvalue weighted by molar-refractivity contribution is 7.98. The Morgan fingerprint density at radius 1 is 0.889 bits per heavy atom. The van der Waals surface area contributed by atoms with Crippen LogP contribution in [0.3, 0.4) is 0 Å². The first kappa shape index (κ1) is 23.9. The van der Waals surface area contributed by atoms with Gasteiger partial charge in [-0.25, -0.2) is 0 Å². The van der Waals surface area contributed by atoms with Crippen molar-refractivity contribution in [1.82, 2.24) is 14.6 Å². The number of benzene rings is 3. The van der Waals surface area contributed by atoms with Crippen LogP contribution >= 0.6 is 11.9 Å². The molecule has 0 unspecified atom stereocenters. The summed E-state index contributed by atoms with van der Waals surface area (Å²) in [6, 6.07) is 27.7. The maximum atomic E-state index is 12.5. The minimum Gasteiger partial charge on any atom is -0.506 e. The molecule has 2 N–H and O–H groups in total. The molecule has 3 aromatic carbocycles. The van der Waals surface area contributed by atoms with Crippen molar-refractivity contribution in [1.29, 1.82) is 0 Å². The topological polar surface area (TPSA) is 68.7 Å². The fraction of sp³-hybridized carbons (Fsp3) is 0.172. The predicted molar refractivity (Wildman–Crippen MR) is 145 cm³/mol. The van der Waals surface area contributed by atoms with Gasteiger partial charge in [0.25, 0.3) is 5.91 Å². The first-order valence-electron chi connectivity index (χ1n) is 12.0. The summed E-state index contributed by atoms with van der Waals surface area (Å²) < 4.78 is 2.90. The second kappa shape index (κ2) is 11.3. The van der Waals surface area contributed by atoms with E-state index in [2.05, 4.69) is 37.7 Å². The molecule has 182 valence electrons. The SMILES string of the molecule is O=C(NSc1ccccc1)c1ccc(N2CCN(Cc3ccccc3-c3cncc(O)c3)CC2)cc1. The quantitative estimate of drug-likeness (QED) is 0.342. The van der Waals surface area contributed by atoms with Gasteiger partial charge in [-0.1, -0.05) is 42.5 Å². The molecule has 6 nitrogen and oxygen atoms in total. The van der Waals surface area contributed by atoms with E-state index < -0.39 is 0 Å². The number of hydrogen-bond acceptors (Lipinski definition) is 6. The fourth-order valence-electron chi connectivity index (χ4n) is 4.40. The minimum atomic E-state index is -0.0965. The van der Waals surface area contributed by atoms with Crippen molar-refractivity contribution >= 4 is 23.5 Å². The molecular formula is C29H28N4O2S. The molecular weight excluding hydrogens is 468 g/mol. The van der Waals surface area contributed by atoms with Crippen molar-refractivity contribution in [3.8, 4) is 16.9 Å². The molecule has 36 heavy (non-hydrogen) atoms. The van der Waals surface area contributed by atoms with Crippen LogP contribution in [-0.4, -0.2) is 47.1 Å². The lowest BCUT2D eigenvalue weighted by molar-refractivity contribution is 0.0984. The Hall–Kier alpha value is -3.81. The lowest BCUT2D eigenvalue weighted by Crippen LogP contribution is -2.46. The molecule has 0 bridgehead atoms. The van der Waals surface area contributed by atoms with E-state index in [0.717, 1.165) is 54.4 Å². The van der Waals surface area contributed by atoms with Gasteiger partial charge in [0.15, 0.2) is 0 Å². The Morgan fingerprint density at radius 2 is 1.61 bits per heavy atom. The van der Waals surface area contributed by atoms with E-state index >= 15 is 0 Å². The van der Waals surface area contributed by atoms with Gasteiger partial charge < -0.3 is 10.0 Å². The van der Waals surface area contributed by atoms with E-state index in [1.807, 2.05) is 60.7 Å². The summed E-state index contributed by atoms with van der Waals surface area (Å²) in [7, 11) is 0. The molecule has 0 atom stereocenters. The predicted octanol–water partition coefficient (Wildman–Crippen LogP) is 5.21. The summed E-state index contributed by atoms with van der Waals surface area (Å²) in [5, 5.41) is 9.84. The summed E-state index contributed by atoms with van der Waals surface area (Å²) >= 11 is 1.33. The number of rotatable bonds is 7. The number of piperazine rings is 1. The number of nitrogens with zero attached hydrogens (tertiary/aromatic N) is 3. The van der Waals surface area contributed by atoms with E-state index in [9.17, 15) is 9.90 Å². The Kier molecular flexibility index (Phi) is 7.50. The molecule has 0 aliphatic carbocycles. The van der Waals surface area contributed by atoms with Gasteiger partial charge in [-0.3, -0.25) is 19.4 Å². The second-order valence-corrected chi connectivity index (χ2v) is 9.62. The third-order valence-electron chi connectivity index (χ3n) is 6.32. The van der Waals surface area contributed by atoms with E-state index in [-0.39, 0.29) is 11.7 Å². The first-order chi connectivity index (χ1) is 17.7. The van der Waals surface area contributed by atoms with Crippen molar-refractivity contribution in [3.63, 3.8) is 0 Å². The van der Waals surface area contributed by atoms with E-state index in [4.69, 9.17) is 0 Å². The molecule has 1 aliphatic heterocycles. The summed E-state index contributed by atoms with van der Waals surface area (Å²) in [5.74, 6) is 0.0789. The van der Waals surface area contributed by atoms with E-state index in [0.29, 0.717) is 5.56 Å². The van der Waals surface area contributed by atoms with Crippen molar-refractivity contribution in [2.45, 2.75) is 11.4 Å². The number of aromatic hydroxyl groups is 1. The summed E-state index contributed by atoms with van der Waals surface area (Å²) in [4.78, 5) is 22.5. The Labute approximate surface area is 215 Å². The number of nitrogens with one attached hydrogen (secondary N) is 1. The standard InChI is InChI=1S/C29H28N4O2S/c34-26-18-24(19-30-20-26)28-9-5-4-6-23(28)21-32-14-16-33(17-15-32)25-12-10-22(11-13-25)29(35)31-36-27-7-2-1-3-8-27/h1-13,18-20,34H,14-17,21H2,(H,31,35). The maximum absolute atomic E-state index is 12.5. The molecule has 4 aromatic rings. The number of hydrogen-bond donors (Lipinski definition) is 2. The summed E-state index contributed by atoms with van der Waals surface area (Å²) in [5.41, 5.74) is 5.03. The summed E-state index contributed by atoms with van der Waals surface area (Å²) in [6.45, 7) is 4.58. The number of pyridine rings is 1. The van der Waals surface area contributed by atoms with Gasteiger partial charge in [-0.05, 0) is 65.5 Å². The van der Waals surface area contributed by atoms with Crippen LogP contribution in [0.25, 0.3) is 11.1 Å². The molecule has 2 heterocycles. The van der Waals surface area contributed by atoms with Gasteiger partial charge in [0.05, 0.1) is 6.20 Å². The molecule has 1 aliphatic rings. The van der Waals surface area contributed by atoms with Gasteiger partial charge in [-0.2, -0.15) is 0 Å². The van der Waals surface area contributed by atoms with Crippen LogP contribution in [0.15, 0.2) is 102 Å². The summed E-state index contributed by atoms with van der Waals surface area (Å²) in [6.07, 6.45) is 3.24. The van der Waals surface area contributed by atoms with Gasteiger partial charge >= 0.3 is 0 Å². The van der Waals surface area contributed by atoms with Gasteiger partial charge in [-0.15, -0.1) is 0 Å². The second-order valence-electron chi connectivity index (χ2n) is 8.75. The monoisotopic (exact) mass is 496 g/mol. The van der Waals surface area contributed by atoms with Crippen LogP contribution in [0.4, 0.5) is 5.69 Å². The van der Waals surface area contributed by atoms with Crippen LogP contribution in [0, 0.1) is 0 Å². The third-order valence-corrected chi connectivity index (χ3v) is 7.11. The molecule has 1 aromatic heterocycles. The van der Waals surface area contributed by atoms with Crippen LogP contribution in [0.2, 0.25) is 0 Å². The lowest BCUT2D eigenvalue weighted by Gasteiger charge is -2.36. The van der Waals surface area contributed by atoms with Crippen LogP contribution in [0.1, 0.15) is 15.9 Å². The zero-order chi connectivity index (χ0) is 24.7. The normalized spacial score (nSPS) is 13.9. The molecule has 1 saturated heterocycles. The van der Waals surface area contributed by atoms with E-state index in [1.165, 1.54) is 23.7 Å². The van der Waals surface area contributed by atoms with Gasteiger partial charge in [0.2, 0.25) is 0 Å². The van der Waals surface area contributed by atoms with Crippen molar-refractivity contribution in [2.75, 3.05) is 31.1 Å². The highest BCUT2D eigenvalue weighted by Gasteiger charge is 2.19. The van der Waals surface area contributed by atoms with Crippen molar-refractivity contribution in [2.24, 2.45) is 0 Å². The average Bonchev–Trinajstić information content (AvgIpc) is 2.93. The fourth-order valence-corrected chi connectivity index (χ4v) is 5.02. The first-order valence-corrected chi connectivity index (χ1v) is 12.8. The lowest BCUT2D eigenvalue weighted by atomic mass is 10.0. The Bertz CT molecular complexity index is 1310. The highest BCUT2D eigenvalue weighted by Crippen LogP contribution is 2.27. The Morgan fingerprint density at radius 3 is 2.36 bits per heavy atom. The van der Waals surface area contributed by atoms with Crippen molar-refractivity contribution in [3.05, 3.63) is 108 Å². The van der Waals surface area contributed by atoms with Gasteiger partial charge in [0, 0.05) is 60.6 Å². The van der Waals surface area contributed by atoms with Crippen LogP contribution in [0.5, 0.6) is 5.75 Å². The molecule has 0 radical (unpaired) electrons. The average molecular weight is 497 g/mol. The van der Waals surface area contributed by atoms with Crippen LogP contribution < -0.4 is 9.62 Å². The highest BCUT2D eigenvalue weighted by atomic mass is 32.2. The van der Waals surface area contributed by atoms with E-state index in [1.54, 1.807) is 12.3 Å². The van der Waals surface area contributed by atoms with Crippen LogP contribution in [-0.2, 0) is 6.54 Å². The largest absolute Gasteiger partial charge is 0.506 e. The molecule has 0 saturated carbocycles. The number of carbonyl (C=O) groups is 1. The molecule has 1 amide bonds. The Balaban J connectivity index is 1.16. The number of aromatic nitrogens is 1. The zero-order valence-corrected chi connectivity index (χ0v) is 20.7. The third kappa shape index (κ3) is 5.87. The smallest absolute Gasteiger partial charge is 0.261 e. The molecule has 5 rings (SSSR count). The molecule has 1 fully saturated rings. The maximum Gasteiger partial charge on any atom is 0.261 e. The number of amides is 1. The molecule has 7 heteroatoms. The minimum absolute atomic E-state index is 0.0965. The van der Waals surface area contributed by atoms with Gasteiger partial charge in [0.1, 0.15) is 5.75 Å². The number of anilines is 1. The molecule has 0 spiro atoms. The van der Waals surface area contributed by atoms with Crippen molar-refractivity contribution < 1.29 is 9.90 Å². The number of carbonyl (C=O) groups excluding carboxylic acids is 1.